The maximum absolute atomic E-state index is 13.7. The number of amides is 1. The summed E-state index contributed by atoms with van der Waals surface area (Å²) in [4.78, 5) is 12.8. The smallest absolute Gasteiger partial charge is 0.329 e. The van der Waals surface area contributed by atoms with E-state index >= 15 is 0 Å². The topological polar surface area (TPSA) is 20.3 Å². The van der Waals surface area contributed by atoms with Crippen molar-refractivity contribution in [1.82, 2.24) is 4.90 Å². The van der Waals surface area contributed by atoms with E-state index in [1.165, 1.54) is 12.1 Å². The zero-order valence-electron chi connectivity index (χ0n) is 11.0. The first kappa shape index (κ1) is 16.9. The molecule has 0 aromatic heterocycles. The van der Waals surface area contributed by atoms with Crippen molar-refractivity contribution >= 4 is 21.8 Å². The largest absolute Gasteiger partial charge is 0.406 e. The van der Waals surface area contributed by atoms with Crippen molar-refractivity contribution in [3.05, 3.63) is 34.1 Å². The highest BCUT2D eigenvalue weighted by Crippen LogP contribution is 2.24. The molecule has 20 heavy (non-hydrogen) atoms. The Labute approximate surface area is 122 Å². The third-order valence-corrected chi connectivity index (χ3v) is 3.08. The molecule has 0 aliphatic rings. The molecular weight excluding hydrogens is 342 g/mol. The van der Waals surface area contributed by atoms with E-state index in [1.54, 1.807) is 13.8 Å². The average Bonchev–Trinajstić information content (AvgIpc) is 2.25. The van der Waals surface area contributed by atoms with Crippen LogP contribution < -0.4 is 0 Å². The van der Waals surface area contributed by atoms with Gasteiger partial charge in [0.05, 0.1) is 5.56 Å². The lowest BCUT2D eigenvalue weighted by molar-refractivity contribution is -0.141. The molecule has 1 rings (SSSR count). The lowest BCUT2D eigenvalue weighted by Gasteiger charge is -2.26. The summed E-state index contributed by atoms with van der Waals surface area (Å²) in [5.74, 6) is -1.98. The fraction of sp³-hybridized carbons (Fsp3) is 0.462. The Morgan fingerprint density at radius 3 is 2.40 bits per heavy atom. The second-order valence-corrected chi connectivity index (χ2v) is 5.65. The lowest BCUT2D eigenvalue weighted by Crippen LogP contribution is -2.41. The van der Waals surface area contributed by atoms with Crippen molar-refractivity contribution < 1.29 is 22.4 Å². The van der Waals surface area contributed by atoms with Crippen molar-refractivity contribution in [1.29, 1.82) is 0 Å². The third-order valence-electron chi connectivity index (χ3n) is 2.42. The van der Waals surface area contributed by atoms with E-state index in [1.807, 2.05) is 0 Å². The van der Waals surface area contributed by atoms with Gasteiger partial charge in [-0.3, -0.25) is 4.79 Å². The third kappa shape index (κ3) is 4.77. The monoisotopic (exact) mass is 355 g/mol. The van der Waals surface area contributed by atoms with Crippen LogP contribution in [-0.2, 0) is 0 Å². The second kappa shape index (κ2) is 6.56. The van der Waals surface area contributed by atoms with Crippen LogP contribution in [0, 0.1) is 11.7 Å². The lowest BCUT2D eigenvalue weighted by atomic mass is 10.1. The van der Waals surface area contributed by atoms with Gasteiger partial charge >= 0.3 is 6.18 Å². The van der Waals surface area contributed by atoms with Gasteiger partial charge in [0.2, 0.25) is 0 Å². The summed E-state index contributed by atoms with van der Waals surface area (Å²) in [6.45, 7) is 1.88. The number of hydrogen-bond donors (Lipinski definition) is 0. The van der Waals surface area contributed by atoms with E-state index in [4.69, 9.17) is 0 Å². The Kier molecular flexibility index (Phi) is 5.56. The summed E-state index contributed by atoms with van der Waals surface area (Å²) >= 11 is 2.99. The predicted molar refractivity (Wildman–Crippen MR) is 70.9 cm³/mol. The molecule has 0 saturated carbocycles. The van der Waals surface area contributed by atoms with Crippen molar-refractivity contribution in [2.45, 2.75) is 20.0 Å². The van der Waals surface area contributed by atoms with Crippen LogP contribution in [0.5, 0.6) is 0 Å². The Balaban J connectivity index is 3.10. The normalized spacial score (nSPS) is 11.8. The number of rotatable bonds is 4. The van der Waals surface area contributed by atoms with E-state index in [2.05, 4.69) is 15.9 Å². The first-order chi connectivity index (χ1) is 9.11. The Morgan fingerprint density at radius 2 is 1.95 bits per heavy atom. The van der Waals surface area contributed by atoms with Crippen molar-refractivity contribution in [2.75, 3.05) is 13.1 Å². The van der Waals surface area contributed by atoms with E-state index in [9.17, 15) is 22.4 Å². The molecule has 0 atom stereocenters. The Hall–Kier alpha value is -1.11. The van der Waals surface area contributed by atoms with Gasteiger partial charge in [0.1, 0.15) is 12.4 Å². The summed E-state index contributed by atoms with van der Waals surface area (Å²) in [5, 5.41) is 0. The summed E-state index contributed by atoms with van der Waals surface area (Å²) in [5.41, 5.74) is -0.377. The van der Waals surface area contributed by atoms with Gasteiger partial charge in [-0.25, -0.2) is 4.39 Å². The van der Waals surface area contributed by atoms with Crippen LogP contribution in [0.1, 0.15) is 24.2 Å². The van der Waals surface area contributed by atoms with Gasteiger partial charge in [0.15, 0.2) is 0 Å². The van der Waals surface area contributed by atoms with Gasteiger partial charge in [-0.1, -0.05) is 19.9 Å². The van der Waals surface area contributed by atoms with Crippen LogP contribution in [0.4, 0.5) is 17.6 Å². The first-order valence-electron chi connectivity index (χ1n) is 5.92. The number of alkyl halides is 3. The van der Waals surface area contributed by atoms with Crippen LogP contribution in [0.15, 0.2) is 22.7 Å². The standard InChI is InChI=1S/C13H14BrF4NO/c1-8(2)6-19(7-13(16,17)18)12(20)11-9(14)4-3-5-10(11)15/h3-5,8H,6-7H2,1-2H3. The molecule has 0 aliphatic heterocycles. The van der Waals surface area contributed by atoms with Crippen LogP contribution in [0.25, 0.3) is 0 Å². The molecule has 7 heteroatoms. The zero-order chi connectivity index (χ0) is 15.5. The van der Waals surface area contributed by atoms with Crippen molar-refractivity contribution in [3.63, 3.8) is 0 Å². The molecule has 0 spiro atoms. The van der Waals surface area contributed by atoms with Gasteiger partial charge in [0, 0.05) is 11.0 Å². The molecule has 1 aromatic rings. The maximum atomic E-state index is 13.7. The van der Waals surface area contributed by atoms with Gasteiger partial charge in [-0.2, -0.15) is 13.2 Å². The van der Waals surface area contributed by atoms with E-state index < -0.39 is 24.4 Å². The molecule has 1 amide bonds. The summed E-state index contributed by atoms with van der Waals surface area (Å²) < 4.78 is 51.4. The highest BCUT2D eigenvalue weighted by Gasteiger charge is 2.34. The van der Waals surface area contributed by atoms with Crippen LogP contribution >= 0.6 is 15.9 Å². The molecule has 0 unspecified atom stereocenters. The van der Waals surface area contributed by atoms with Crippen molar-refractivity contribution in [2.24, 2.45) is 5.92 Å². The number of benzene rings is 1. The van der Waals surface area contributed by atoms with Gasteiger partial charge in [-0.15, -0.1) is 0 Å². The minimum Gasteiger partial charge on any atom is -0.329 e. The first-order valence-corrected chi connectivity index (χ1v) is 6.71. The molecule has 0 saturated heterocycles. The molecule has 0 N–H and O–H groups in total. The molecule has 2 nitrogen and oxygen atoms in total. The van der Waals surface area contributed by atoms with Gasteiger partial charge in [-0.05, 0) is 34.0 Å². The van der Waals surface area contributed by atoms with E-state index in [-0.39, 0.29) is 22.5 Å². The molecule has 0 bridgehead atoms. The van der Waals surface area contributed by atoms with Gasteiger partial charge in [0.25, 0.3) is 5.91 Å². The minimum atomic E-state index is -4.53. The van der Waals surface area contributed by atoms with E-state index in [0.29, 0.717) is 4.90 Å². The molecule has 0 heterocycles. The van der Waals surface area contributed by atoms with Crippen LogP contribution in [-0.4, -0.2) is 30.1 Å². The quantitative estimate of drug-likeness (QED) is 0.739. The summed E-state index contributed by atoms with van der Waals surface area (Å²) in [6.07, 6.45) is -4.53. The Morgan fingerprint density at radius 1 is 1.35 bits per heavy atom. The minimum absolute atomic E-state index is 0.0981. The second-order valence-electron chi connectivity index (χ2n) is 4.79. The number of hydrogen-bond acceptors (Lipinski definition) is 1. The predicted octanol–water partition coefficient (Wildman–Crippen LogP) is 4.25. The zero-order valence-corrected chi connectivity index (χ0v) is 12.6. The van der Waals surface area contributed by atoms with Crippen LogP contribution in [0.3, 0.4) is 0 Å². The number of nitrogens with zero attached hydrogens (tertiary/aromatic N) is 1. The molecule has 0 radical (unpaired) electrons. The van der Waals surface area contributed by atoms with Crippen molar-refractivity contribution in [3.8, 4) is 0 Å². The summed E-state index contributed by atoms with van der Waals surface area (Å²) in [7, 11) is 0. The Bertz CT molecular complexity index is 467. The molecule has 0 fully saturated rings. The summed E-state index contributed by atoms with van der Waals surface area (Å²) in [6, 6.07) is 3.82. The van der Waals surface area contributed by atoms with E-state index in [0.717, 1.165) is 6.07 Å². The SMILES string of the molecule is CC(C)CN(CC(F)(F)F)C(=O)c1c(F)cccc1Br. The number of halogens is 5. The molecule has 0 aliphatic carbocycles. The molecular formula is C13H14BrF4NO. The fourth-order valence-corrected chi connectivity index (χ4v) is 2.25. The van der Waals surface area contributed by atoms with Crippen LogP contribution in [0.2, 0.25) is 0 Å². The highest BCUT2D eigenvalue weighted by atomic mass is 79.9. The average molecular weight is 356 g/mol. The fourth-order valence-electron chi connectivity index (χ4n) is 1.74. The van der Waals surface area contributed by atoms with Gasteiger partial charge < -0.3 is 4.90 Å². The maximum Gasteiger partial charge on any atom is 0.406 e. The molecule has 1 aromatic carbocycles. The number of carbonyl (C=O) groups excluding carboxylic acids is 1. The molecule has 112 valence electrons. The number of carbonyl (C=O) groups is 1. The highest BCUT2D eigenvalue weighted by molar-refractivity contribution is 9.10.